The number of alkyl halides is 5. The Morgan fingerprint density at radius 2 is 1.73 bits per heavy atom. The van der Waals surface area contributed by atoms with Crippen LogP contribution in [-0.4, -0.2) is 50.4 Å². The van der Waals surface area contributed by atoms with Gasteiger partial charge >= 0.3 is 6.18 Å². The standard InChI is InChI=1S/C29H29F6NO4S/c1-27(32,29(33,34)35)18-4-10-22-16(13-18)3-9-21-17(14-25(37)24-15-23(31)26(38)36(24)2)11-12-28(21,22)41(39,40)20-7-5-19(30)6-8-20/h4-8,10,13,17,21,23-24H,3,9,11-12,14-15H2,1-2H3/t17-,21-,23+,24-,27?,28-/m0/s1. The van der Waals surface area contributed by atoms with Crippen molar-refractivity contribution in [2.24, 2.45) is 11.8 Å². The molecule has 1 heterocycles. The molecule has 6 atom stereocenters. The van der Waals surface area contributed by atoms with Gasteiger partial charge in [-0.25, -0.2) is 21.6 Å². The highest BCUT2D eigenvalue weighted by Crippen LogP contribution is 2.60. The Morgan fingerprint density at radius 1 is 1.07 bits per heavy atom. The van der Waals surface area contributed by atoms with Crippen molar-refractivity contribution in [3.8, 4) is 0 Å². The normalized spacial score (nSPS) is 29.7. The molecule has 41 heavy (non-hydrogen) atoms. The average Bonchev–Trinajstić information content (AvgIpc) is 3.41. The van der Waals surface area contributed by atoms with E-state index in [4.69, 9.17) is 0 Å². The van der Waals surface area contributed by atoms with E-state index in [1.54, 1.807) is 0 Å². The quantitative estimate of drug-likeness (QED) is 0.313. The van der Waals surface area contributed by atoms with E-state index in [0.717, 1.165) is 41.3 Å². The number of Topliss-reactive ketones (excluding diaryl/α,β-unsaturated/α-hetero) is 1. The van der Waals surface area contributed by atoms with E-state index in [0.29, 0.717) is 6.92 Å². The molecule has 2 aliphatic carbocycles. The van der Waals surface area contributed by atoms with Crippen LogP contribution in [0.2, 0.25) is 0 Å². The number of sulfone groups is 1. The van der Waals surface area contributed by atoms with Gasteiger partial charge in [-0.05, 0) is 85.4 Å². The van der Waals surface area contributed by atoms with Gasteiger partial charge in [0.15, 0.2) is 21.8 Å². The number of amides is 1. The third-order valence-corrected chi connectivity index (χ3v) is 11.9. The Balaban J connectivity index is 1.58. The monoisotopic (exact) mass is 601 g/mol. The third kappa shape index (κ3) is 4.47. The van der Waals surface area contributed by atoms with Crippen LogP contribution in [0.15, 0.2) is 47.4 Å². The SMILES string of the molecule is CN1C(=O)[C@H](F)C[C@H]1C(=O)C[C@@H]1CC[C@@]2(S(=O)(=O)c3ccc(F)cc3)c3ccc(C(C)(F)C(F)(F)F)cc3CC[C@@H]12. The summed E-state index contributed by atoms with van der Waals surface area (Å²) in [5, 5.41) is 0. The number of ketones is 1. The zero-order chi connectivity index (χ0) is 30.1. The highest BCUT2D eigenvalue weighted by Gasteiger charge is 2.61. The van der Waals surface area contributed by atoms with Crippen LogP contribution in [0.1, 0.15) is 55.7 Å². The van der Waals surface area contributed by atoms with Crippen molar-refractivity contribution >= 4 is 21.5 Å². The highest BCUT2D eigenvalue weighted by molar-refractivity contribution is 7.92. The number of hydrogen-bond acceptors (Lipinski definition) is 4. The van der Waals surface area contributed by atoms with Crippen LogP contribution in [0.3, 0.4) is 0 Å². The number of carbonyl (C=O) groups excluding carboxylic acids is 2. The molecule has 1 aliphatic heterocycles. The second-order valence-electron chi connectivity index (χ2n) is 11.5. The minimum atomic E-state index is -5.19. The molecule has 1 amide bonds. The number of nitrogens with zero attached hydrogens (tertiary/aromatic N) is 1. The van der Waals surface area contributed by atoms with E-state index in [9.17, 15) is 44.3 Å². The van der Waals surface area contributed by atoms with Gasteiger partial charge in [-0.1, -0.05) is 18.2 Å². The van der Waals surface area contributed by atoms with Gasteiger partial charge in [0.2, 0.25) is 5.67 Å². The number of likely N-dealkylation sites (N-methyl/N-ethyl adjacent to an activating group) is 1. The van der Waals surface area contributed by atoms with Gasteiger partial charge in [-0.15, -0.1) is 0 Å². The number of rotatable bonds is 6. The molecule has 3 aliphatic rings. The maximum absolute atomic E-state index is 14.9. The second kappa shape index (κ2) is 9.84. The molecule has 1 saturated heterocycles. The lowest BCUT2D eigenvalue weighted by molar-refractivity contribution is -0.228. The molecule has 5 rings (SSSR count). The summed E-state index contributed by atoms with van der Waals surface area (Å²) in [7, 11) is -2.96. The first-order chi connectivity index (χ1) is 19.0. The van der Waals surface area contributed by atoms with E-state index in [2.05, 4.69) is 0 Å². The minimum Gasteiger partial charge on any atom is -0.333 e. The van der Waals surface area contributed by atoms with E-state index in [1.807, 2.05) is 0 Å². The molecule has 0 aromatic heterocycles. The first-order valence-corrected chi connectivity index (χ1v) is 14.8. The molecule has 0 bridgehead atoms. The topological polar surface area (TPSA) is 71.5 Å². The van der Waals surface area contributed by atoms with E-state index < -0.39 is 67.8 Å². The predicted octanol–water partition coefficient (Wildman–Crippen LogP) is 5.74. The molecule has 1 unspecified atom stereocenters. The van der Waals surface area contributed by atoms with Gasteiger partial charge in [-0.3, -0.25) is 9.59 Å². The van der Waals surface area contributed by atoms with Crippen LogP contribution < -0.4 is 0 Å². The number of halogens is 6. The van der Waals surface area contributed by atoms with Crippen LogP contribution in [0.25, 0.3) is 0 Å². The van der Waals surface area contributed by atoms with E-state index in [1.165, 1.54) is 13.1 Å². The summed E-state index contributed by atoms with van der Waals surface area (Å²) >= 11 is 0. The van der Waals surface area contributed by atoms with Crippen LogP contribution >= 0.6 is 0 Å². The minimum absolute atomic E-state index is 0.0268. The maximum atomic E-state index is 14.9. The largest absolute Gasteiger partial charge is 0.426 e. The molecular formula is C29H29F6NO4S. The molecule has 2 aromatic rings. The number of benzene rings is 2. The fourth-order valence-corrected chi connectivity index (χ4v) is 9.57. The summed E-state index contributed by atoms with van der Waals surface area (Å²) in [4.78, 5) is 26.1. The lowest BCUT2D eigenvalue weighted by atomic mass is 9.71. The lowest BCUT2D eigenvalue weighted by Gasteiger charge is -2.43. The summed E-state index contributed by atoms with van der Waals surface area (Å²) < 4.78 is 110. The summed E-state index contributed by atoms with van der Waals surface area (Å²) in [5.74, 6) is -2.96. The van der Waals surface area contributed by atoms with Gasteiger partial charge in [0.25, 0.3) is 5.91 Å². The lowest BCUT2D eigenvalue weighted by Crippen LogP contribution is -2.45. The van der Waals surface area contributed by atoms with Crippen molar-refractivity contribution < 1.29 is 44.3 Å². The Hall–Kier alpha value is -2.89. The Morgan fingerprint density at radius 3 is 2.32 bits per heavy atom. The molecule has 5 nitrogen and oxygen atoms in total. The molecule has 1 saturated carbocycles. The Labute approximate surface area is 233 Å². The van der Waals surface area contributed by atoms with Crippen LogP contribution in [0, 0.1) is 17.7 Å². The van der Waals surface area contributed by atoms with E-state index in [-0.39, 0.29) is 60.3 Å². The predicted molar refractivity (Wildman–Crippen MR) is 136 cm³/mol. The van der Waals surface area contributed by atoms with Crippen LogP contribution in [-0.2, 0) is 36.3 Å². The van der Waals surface area contributed by atoms with Gasteiger partial charge in [0, 0.05) is 19.9 Å². The number of fused-ring (bicyclic) bond motifs is 3. The van der Waals surface area contributed by atoms with Crippen molar-refractivity contribution in [1.82, 2.24) is 4.90 Å². The molecular weight excluding hydrogens is 572 g/mol. The van der Waals surface area contributed by atoms with Crippen molar-refractivity contribution in [3.63, 3.8) is 0 Å². The van der Waals surface area contributed by atoms with Crippen molar-refractivity contribution in [1.29, 1.82) is 0 Å². The van der Waals surface area contributed by atoms with E-state index >= 15 is 0 Å². The van der Waals surface area contributed by atoms with Gasteiger partial charge in [0.1, 0.15) is 10.6 Å². The molecule has 222 valence electrons. The van der Waals surface area contributed by atoms with Gasteiger partial charge in [0.05, 0.1) is 10.9 Å². The average molecular weight is 602 g/mol. The molecule has 2 fully saturated rings. The first kappa shape index (κ1) is 29.6. The molecule has 0 spiro atoms. The summed E-state index contributed by atoms with van der Waals surface area (Å²) in [6.07, 6.45) is -6.73. The second-order valence-corrected chi connectivity index (χ2v) is 13.7. The zero-order valence-corrected chi connectivity index (χ0v) is 23.2. The van der Waals surface area contributed by atoms with Crippen molar-refractivity contribution in [2.45, 2.75) is 79.1 Å². The Kier molecular flexibility index (Phi) is 7.11. The molecule has 0 N–H and O–H groups in total. The fraction of sp³-hybridized carbons (Fsp3) is 0.517. The van der Waals surface area contributed by atoms with Crippen LogP contribution in [0.4, 0.5) is 26.3 Å². The number of carbonyl (C=O) groups is 2. The maximum Gasteiger partial charge on any atom is 0.426 e. The number of aryl methyl sites for hydroxylation is 1. The third-order valence-electron chi connectivity index (χ3n) is 9.37. The number of likely N-dealkylation sites (tertiary alicyclic amines) is 1. The van der Waals surface area contributed by atoms with Crippen molar-refractivity contribution in [3.05, 3.63) is 65.0 Å². The zero-order valence-electron chi connectivity index (χ0n) is 22.3. The summed E-state index contributed by atoms with van der Waals surface area (Å²) in [6, 6.07) is 6.54. The van der Waals surface area contributed by atoms with Gasteiger partial charge in [-0.2, -0.15) is 13.2 Å². The highest BCUT2D eigenvalue weighted by atomic mass is 32.2. The first-order valence-electron chi connectivity index (χ1n) is 13.4. The van der Waals surface area contributed by atoms with Gasteiger partial charge < -0.3 is 4.90 Å². The number of hydrogen-bond donors (Lipinski definition) is 0. The fourth-order valence-electron chi connectivity index (χ4n) is 7.07. The molecule has 0 radical (unpaired) electrons. The summed E-state index contributed by atoms with van der Waals surface area (Å²) in [5.41, 5.74) is -3.79. The van der Waals surface area contributed by atoms with Crippen molar-refractivity contribution in [2.75, 3.05) is 7.05 Å². The summed E-state index contributed by atoms with van der Waals surface area (Å²) in [6.45, 7) is 0.412. The van der Waals surface area contributed by atoms with Crippen LogP contribution in [0.5, 0.6) is 0 Å². The smallest absolute Gasteiger partial charge is 0.333 e. The Bertz CT molecular complexity index is 1490. The molecule has 12 heteroatoms. The molecule has 2 aromatic carbocycles.